The number of anilines is 1. The van der Waals surface area contributed by atoms with E-state index in [2.05, 4.69) is 15.0 Å². The van der Waals surface area contributed by atoms with Crippen molar-refractivity contribution in [3.05, 3.63) is 41.6 Å². The van der Waals surface area contributed by atoms with Crippen LogP contribution in [0.4, 0.5) is 10.5 Å². The van der Waals surface area contributed by atoms with Crippen LogP contribution in [0.3, 0.4) is 0 Å². The number of carbonyl (C=O) groups excluding carboxylic acids is 1. The van der Waals surface area contributed by atoms with Crippen LogP contribution >= 0.6 is 0 Å². The molecule has 3 rings (SSSR count). The predicted molar refractivity (Wildman–Crippen MR) is 121 cm³/mol. The number of hydrogen-bond acceptors (Lipinski definition) is 6. The molecule has 10 heteroatoms. The Morgan fingerprint density at radius 3 is 2.71 bits per heavy atom. The van der Waals surface area contributed by atoms with E-state index in [4.69, 9.17) is 9.47 Å². The Morgan fingerprint density at radius 1 is 1.23 bits per heavy atom. The van der Waals surface area contributed by atoms with Gasteiger partial charge in [0.1, 0.15) is 0 Å². The van der Waals surface area contributed by atoms with E-state index >= 15 is 0 Å². The molecular formula is C21H27N3NaO5S. The first-order valence-electron chi connectivity index (χ1n) is 9.87. The number of benzene rings is 1. The summed E-state index contributed by atoms with van der Waals surface area (Å²) >= 11 is 0. The summed E-state index contributed by atoms with van der Waals surface area (Å²) in [5.41, 5.74) is 4.40. The molecule has 0 bridgehead atoms. The molecule has 31 heavy (non-hydrogen) atoms. The van der Waals surface area contributed by atoms with Gasteiger partial charge in [-0.2, -0.15) is 0 Å². The van der Waals surface area contributed by atoms with Gasteiger partial charge in [-0.05, 0) is 55.9 Å². The molecule has 0 spiro atoms. The molecule has 0 saturated heterocycles. The van der Waals surface area contributed by atoms with Crippen molar-refractivity contribution in [1.82, 2.24) is 9.71 Å². The minimum atomic E-state index is -3.82. The van der Waals surface area contributed by atoms with Crippen molar-refractivity contribution in [1.29, 1.82) is 0 Å². The Kier molecular flexibility index (Phi) is 9.32. The van der Waals surface area contributed by atoms with Crippen LogP contribution in [-0.2, 0) is 27.6 Å². The zero-order valence-corrected chi connectivity index (χ0v) is 21.2. The van der Waals surface area contributed by atoms with E-state index in [0.29, 0.717) is 11.6 Å². The van der Waals surface area contributed by atoms with Crippen LogP contribution in [0.15, 0.2) is 30.5 Å². The summed E-state index contributed by atoms with van der Waals surface area (Å²) in [6.45, 7) is 3.65. The molecule has 2 amide bonds. The number of urea groups is 1. The molecule has 2 N–H and O–H groups in total. The summed E-state index contributed by atoms with van der Waals surface area (Å²) in [4.78, 5) is 16.7. The van der Waals surface area contributed by atoms with Gasteiger partial charge in [-0.25, -0.2) is 22.9 Å². The molecule has 0 saturated carbocycles. The standard InChI is InChI=1S/C21H27N3O5S.Na/c1-14(2)29-11-12-30(26,27)24-21(25)23-20-17-6-4-5-15(17)7-8-18(20)16-9-10-22-19(13-16)28-3;/h7-10,13-14H,4-6,11-12H2,1-3H3,(H2,23,24,25);. The average Bonchev–Trinajstić information content (AvgIpc) is 3.16. The number of fused-ring (bicyclic) bond motifs is 1. The third-order valence-electron chi connectivity index (χ3n) is 4.83. The van der Waals surface area contributed by atoms with E-state index in [1.807, 2.05) is 32.0 Å². The van der Waals surface area contributed by atoms with Gasteiger partial charge in [-0.3, -0.25) is 0 Å². The largest absolute Gasteiger partial charge is 0.481 e. The van der Waals surface area contributed by atoms with Crippen LogP contribution in [0.2, 0.25) is 0 Å². The fourth-order valence-electron chi connectivity index (χ4n) is 3.46. The minimum Gasteiger partial charge on any atom is -0.481 e. The number of carbonyl (C=O) groups is 1. The monoisotopic (exact) mass is 456 g/mol. The molecule has 1 aliphatic rings. The van der Waals surface area contributed by atoms with Gasteiger partial charge in [0.05, 0.1) is 31.3 Å². The van der Waals surface area contributed by atoms with Gasteiger partial charge in [0.25, 0.3) is 0 Å². The van der Waals surface area contributed by atoms with Crippen molar-refractivity contribution in [2.45, 2.75) is 39.2 Å². The van der Waals surface area contributed by atoms with Gasteiger partial charge >= 0.3 is 6.03 Å². The number of pyridine rings is 1. The number of rotatable bonds is 8. The third kappa shape index (κ3) is 6.92. The van der Waals surface area contributed by atoms with E-state index in [1.165, 1.54) is 7.11 Å². The van der Waals surface area contributed by atoms with Crippen molar-refractivity contribution in [3.63, 3.8) is 0 Å². The quantitative estimate of drug-likeness (QED) is 0.592. The molecule has 2 aromatic rings. The summed E-state index contributed by atoms with van der Waals surface area (Å²) in [6.07, 6.45) is 4.28. The first-order valence-corrected chi connectivity index (χ1v) is 11.5. The van der Waals surface area contributed by atoms with Crippen molar-refractivity contribution in [2.75, 3.05) is 24.8 Å². The molecular weight excluding hydrogens is 429 g/mol. The number of hydrogen-bond donors (Lipinski definition) is 2. The van der Waals surface area contributed by atoms with Crippen LogP contribution in [0.5, 0.6) is 5.88 Å². The summed E-state index contributed by atoms with van der Waals surface area (Å²) < 4.78 is 37.0. The number of methoxy groups -OCH3 is 1. The SMILES string of the molecule is COc1cc(-c2ccc3c(c2NC(=O)NS(=O)(=O)CCOC(C)C)CCC3)ccn1.[Na]. The zero-order chi connectivity index (χ0) is 21.7. The molecule has 0 aliphatic heterocycles. The van der Waals surface area contributed by atoms with Crippen molar-refractivity contribution in [3.8, 4) is 17.0 Å². The van der Waals surface area contributed by atoms with Crippen LogP contribution in [0.1, 0.15) is 31.4 Å². The second kappa shape index (κ2) is 11.3. The molecule has 1 aliphatic carbocycles. The Labute approximate surface area is 205 Å². The van der Waals surface area contributed by atoms with E-state index in [1.54, 1.807) is 12.3 Å². The van der Waals surface area contributed by atoms with E-state index < -0.39 is 16.1 Å². The number of aromatic nitrogens is 1. The second-order valence-electron chi connectivity index (χ2n) is 7.36. The van der Waals surface area contributed by atoms with Crippen molar-refractivity contribution >= 4 is 51.3 Å². The normalized spacial score (nSPS) is 12.8. The molecule has 1 aromatic heterocycles. The molecule has 163 valence electrons. The van der Waals surface area contributed by atoms with Crippen LogP contribution in [-0.4, -0.2) is 74.6 Å². The Balaban J connectivity index is 0.00000341. The van der Waals surface area contributed by atoms with Gasteiger partial charge in [0.15, 0.2) is 0 Å². The van der Waals surface area contributed by atoms with Gasteiger partial charge in [0.2, 0.25) is 15.9 Å². The van der Waals surface area contributed by atoms with E-state index in [9.17, 15) is 13.2 Å². The zero-order valence-electron chi connectivity index (χ0n) is 18.4. The van der Waals surface area contributed by atoms with E-state index in [0.717, 1.165) is 41.5 Å². The number of nitrogens with zero attached hydrogens (tertiary/aromatic N) is 1. The topological polar surface area (TPSA) is 107 Å². The van der Waals surface area contributed by atoms with Crippen molar-refractivity contribution in [2.24, 2.45) is 0 Å². The molecule has 1 heterocycles. The first-order chi connectivity index (χ1) is 14.3. The van der Waals surface area contributed by atoms with E-state index in [-0.39, 0.29) is 48.0 Å². The number of aryl methyl sites for hydroxylation is 1. The van der Waals surface area contributed by atoms with Crippen LogP contribution < -0.4 is 14.8 Å². The van der Waals surface area contributed by atoms with Crippen LogP contribution in [0, 0.1) is 0 Å². The fourth-order valence-corrected chi connectivity index (χ4v) is 4.21. The predicted octanol–water partition coefficient (Wildman–Crippen LogP) is 2.74. The van der Waals surface area contributed by atoms with Gasteiger partial charge < -0.3 is 14.8 Å². The smallest absolute Gasteiger partial charge is 0.332 e. The maximum Gasteiger partial charge on any atom is 0.332 e. The maximum absolute atomic E-state index is 12.6. The summed E-state index contributed by atoms with van der Waals surface area (Å²) in [5.74, 6) is 0.163. The summed E-state index contributed by atoms with van der Waals surface area (Å²) in [5, 5.41) is 2.77. The average molecular weight is 457 g/mol. The molecule has 1 radical (unpaired) electrons. The summed E-state index contributed by atoms with van der Waals surface area (Å²) in [6, 6.07) is 6.79. The molecule has 8 nitrogen and oxygen atoms in total. The maximum atomic E-state index is 12.6. The number of sulfonamides is 1. The van der Waals surface area contributed by atoms with Gasteiger partial charge in [-0.15, -0.1) is 0 Å². The molecule has 0 fully saturated rings. The number of nitrogens with one attached hydrogen (secondary N) is 2. The molecule has 0 unspecified atom stereocenters. The first kappa shape index (κ1) is 25.6. The number of amides is 2. The van der Waals surface area contributed by atoms with Crippen LogP contribution in [0.25, 0.3) is 11.1 Å². The number of ether oxygens (including phenoxy) is 2. The van der Waals surface area contributed by atoms with Gasteiger partial charge in [0, 0.05) is 47.4 Å². The Morgan fingerprint density at radius 2 is 2.00 bits per heavy atom. The minimum absolute atomic E-state index is 0. The fraction of sp³-hybridized carbons (Fsp3) is 0.429. The van der Waals surface area contributed by atoms with Gasteiger partial charge in [-0.1, -0.05) is 12.1 Å². The van der Waals surface area contributed by atoms with Crippen molar-refractivity contribution < 1.29 is 22.7 Å². The third-order valence-corrected chi connectivity index (χ3v) is 6.03. The second-order valence-corrected chi connectivity index (χ2v) is 9.20. The molecule has 1 aromatic carbocycles. The Hall–Kier alpha value is -1.65. The Bertz CT molecular complexity index is 1030. The molecule has 0 atom stereocenters. The summed E-state index contributed by atoms with van der Waals surface area (Å²) in [7, 11) is -2.28.